The SMILES string of the molecule is CCCCCNC(=O)C1COC(=O)N1C. The van der Waals surface area contributed by atoms with Crippen LogP contribution in [0.15, 0.2) is 0 Å². The number of likely N-dealkylation sites (N-methyl/N-ethyl adjacent to an activating group) is 1. The van der Waals surface area contributed by atoms with Crippen molar-refractivity contribution in [3.63, 3.8) is 0 Å². The maximum Gasteiger partial charge on any atom is 0.410 e. The van der Waals surface area contributed by atoms with Crippen molar-refractivity contribution in [3.05, 3.63) is 0 Å². The first kappa shape index (κ1) is 11.8. The van der Waals surface area contributed by atoms with Crippen LogP contribution in [0.2, 0.25) is 0 Å². The molecule has 5 nitrogen and oxygen atoms in total. The quantitative estimate of drug-likeness (QED) is 0.687. The lowest BCUT2D eigenvalue weighted by atomic mass is 10.2. The fourth-order valence-electron chi connectivity index (χ4n) is 1.45. The average molecular weight is 214 g/mol. The predicted octanol–water partition coefficient (Wildman–Crippen LogP) is 0.743. The molecule has 0 aliphatic carbocycles. The third-order valence-corrected chi connectivity index (χ3v) is 2.50. The van der Waals surface area contributed by atoms with Crippen molar-refractivity contribution in [2.75, 3.05) is 20.2 Å². The molecule has 1 atom stereocenters. The number of hydrogen-bond donors (Lipinski definition) is 1. The summed E-state index contributed by atoms with van der Waals surface area (Å²) in [7, 11) is 1.58. The monoisotopic (exact) mass is 214 g/mol. The molecule has 2 amide bonds. The Balaban J connectivity index is 2.25. The number of carbonyl (C=O) groups excluding carboxylic acids is 2. The van der Waals surface area contributed by atoms with Gasteiger partial charge < -0.3 is 10.1 Å². The van der Waals surface area contributed by atoms with E-state index in [1.54, 1.807) is 7.05 Å². The van der Waals surface area contributed by atoms with Crippen LogP contribution in [0.4, 0.5) is 4.79 Å². The molecule has 0 radical (unpaired) electrons. The molecule has 1 aliphatic heterocycles. The van der Waals surface area contributed by atoms with Crippen LogP contribution in [-0.4, -0.2) is 43.1 Å². The molecule has 1 aliphatic rings. The van der Waals surface area contributed by atoms with Gasteiger partial charge in [-0.1, -0.05) is 19.8 Å². The number of ether oxygens (including phenoxy) is 1. The van der Waals surface area contributed by atoms with E-state index in [1.807, 2.05) is 0 Å². The molecule has 86 valence electrons. The Bertz CT molecular complexity index is 243. The van der Waals surface area contributed by atoms with Crippen molar-refractivity contribution in [2.45, 2.75) is 32.2 Å². The Labute approximate surface area is 89.8 Å². The molecule has 15 heavy (non-hydrogen) atoms. The second-order valence-corrected chi connectivity index (χ2v) is 3.70. The van der Waals surface area contributed by atoms with Gasteiger partial charge in [-0.05, 0) is 6.42 Å². The van der Waals surface area contributed by atoms with Gasteiger partial charge in [-0.3, -0.25) is 9.69 Å². The lowest BCUT2D eigenvalue weighted by Crippen LogP contribution is -2.44. The van der Waals surface area contributed by atoms with Gasteiger partial charge in [0.05, 0.1) is 0 Å². The minimum absolute atomic E-state index is 0.126. The Morgan fingerprint density at radius 2 is 2.33 bits per heavy atom. The Morgan fingerprint density at radius 1 is 1.60 bits per heavy atom. The summed E-state index contributed by atoms with van der Waals surface area (Å²) in [4.78, 5) is 23.9. The molecule has 1 heterocycles. The molecule has 0 bridgehead atoms. The zero-order valence-corrected chi connectivity index (χ0v) is 9.28. The number of nitrogens with zero attached hydrogens (tertiary/aromatic N) is 1. The molecule has 0 aromatic carbocycles. The molecule has 0 aromatic heterocycles. The number of hydrogen-bond acceptors (Lipinski definition) is 3. The van der Waals surface area contributed by atoms with E-state index in [1.165, 1.54) is 4.90 Å². The fourth-order valence-corrected chi connectivity index (χ4v) is 1.45. The van der Waals surface area contributed by atoms with Crippen LogP contribution in [0.25, 0.3) is 0 Å². The molecule has 1 saturated heterocycles. The van der Waals surface area contributed by atoms with Gasteiger partial charge in [-0.25, -0.2) is 4.79 Å². The molecule has 1 fully saturated rings. The standard InChI is InChI=1S/C10H18N2O3/c1-3-4-5-6-11-9(13)8-7-15-10(14)12(8)2/h8H,3-7H2,1-2H3,(H,11,13). The lowest BCUT2D eigenvalue weighted by Gasteiger charge is -2.15. The minimum Gasteiger partial charge on any atom is -0.447 e. The van der Waals surface area contributed by atoms with E-state index < -0.39 is 12.1 Å². The van der Waals surface area contributed by atoms with E-state index >= 15 is 0 Å². The number of nitrogens with one attached hydrogen (secondary N) is 1. The first-order valence-corrected chi connectivity index (χ1v) is 5.34. The maximum atomic E-state index is 11.6. The average Bonchev–Trinajstić information content (AvgIpc) is 2.55. The largest absolute Gasteiger partial charge is 0.447 e. The Kier molecular flexibility index (Phi) is 4.39. The number of carbonyl (C=O) groups is 2. The van der Waals surface area contributed by atoms with E-state index in [2.05, 4.69) is 12.2 Å². The summed E-state index contributed by atoms with van der Waals surface area (Å²) in [6, 6.07) is -0.459. The highest BCUT2D eigenvalue weighted by molar-refractivity contribution is 5.87. The second kappa shape index (κ2) is 5.58. The highest BCUT2D eigenvalue weighted by Crippen LogP contribution is 2.09. The van der Waals surface area contributed by atoms with E-state index in [0.717, 1.165) is 19.3 Å². The van der Waals surface area contributed by atoms with E-state index in [0.29, 0.717) is 6.54 Å². The number of rotatable bonds is 5. The Morgan fingerprint density at radius 3 is 2.87 bits per heavy atom. The summed E-state index contributed by atoms with van der Waals surface area (Å²) in [6.07, 6.45) is 2.79. The topological polar surface area (TPSA) is 58.6 Å². The third-order valence-electron chi connectivity index (χ3n) is 2.50. The smallest absolute Gasteiger partial charge is 0.410 e. The van der Waals surface area contributed by atoms with E-state index in [-0.39, 0.29) is 12.5 Å². The summed E-state index contributed by atoms with van der Waals surface area (Å²) in [6.45, 7) is 2.94. The van der Waals surface area contributed by atoms with Gasteiger partial charge in [0.2, 0.25) is 5.91 Å². The van der Waals surface area contributed by atoms with Crippen molar-refractivity contribution in [1.29, 1.82) is 0 Å². The van der Waals surface area contributed by atoms with Gasteiger partial charge in [0, 0.05) is 13.6 Å². The van der Waals surface area contributed by atoms with Crippen LogP contribution < -0.4 is 5.32 Å². The maximum absolute atomic E-state index is 11.6. The van der Waals surface area contributed by atoms with E-state index in [9.17, 15) is 9.59 Å². The summed E-state index contributed by atoms with van der Waals surface area (Å²) in [5, 5.41) is 2.80. The normalized spacial score (nSPS) is 20.3. The van der Waals surface area contributed by atoms with Crippen molar-refractivity contribution >= 4 is 12.0 Å². The summed E-state index contributed by atoms with van der Waals surface area (Å²) in [5.41, 5.74) is 0. The van der Waals surface area contributed by atoms with Gasteiger partial charge >= 0.3 is 6.09 Å². The van der Waals surface area contributed by atoms with Crippen LogP contribution in [0.5, 0.6) is 0 Å². The lowest BCUT2D eigenvalue weighted by molar-refractivity contribution is -0.124. The van der Waals surface area contributed by atoms with E-state index in [4.69, 9.17) is 4.74 Å². The van der Waals surface area contributed by atoms with Gasteiger partial charge in [-0.2, -0.15) is 0 Å². The molecular weight excluding hydrogens is 196 g/mol. The van der Waals surface area contributed by atoms with Gasteiger partial charge in [0.1, 0.15) is 12.6 Å². The van der Waals surface area contributed by atoms with Crippen LogP contribution in [0, 0.1) is 0 Å². The summed E-state index contributed by atoms with van der Waals surface area (Å²) >= 11 is 0. The van der Waals surface area contributed by atoms with Gasteiger partial charge in [0.25, 0.3) is 0 Å². The summed E-state index contributed by atoms with van der Waals surface area (Å²) < 4.78 is 4.75. The number of unbranched alkanes of at least 4 members (excludes halogenated alkanes) is 2. The first-order chi connectivity index (χ1) is 7.16. The van der Waals surface area contributed by atoms with Gasteiger partial charge in [-0.15, -0.1) is 0 Å². The highest BCUT2D eigenvalue weighted by Gasteiger charge is 2.34. The minimum atomic E-state index is -0.459. The van der Waals surface area contributed by atoms with Crippen molar-refractivity contribution in [1.82, 2.24) is 10.2 Å². The van der Waals surface area contributed by atoms with Crippen LogP contribution >= 0.6 is 0 Å². The first-order valence-electron chi connectivity index (χ1n) is 5.34. The van der Waals surface area contributed by atoms with Crippen molar-refractivity contribution < 1.29 is 14.3 Å². The van der Waals surface area contributed by atoms with Crippen LogP contribution in [0.1, 0.15) is 26.2 Å². The molecule has 1 unspecified atom stereocenters. The second-order valence-electron chi connectivity index (χ2n) is 3.70. The molecule has 1 N–H and O–H groups in total. The third kappa shape index (κ3) is 3.11. The molecular formula is C10H18N2O3. The molecule has 0 saturated carbocycles. The number of cyclic esters (lactones) is 1. The number of amides is 2. The predicted molar refractivity (Wildman–Crippen MR) is 55.4 cm³/mol. The van der Waals surface area contributed by atoms with Crippen molar-refractivity contribution in [2.24, 2.45) is 0 Å². The van der Waals surface area contributed by atoms with Crippen molar-refractivity contribution in [3.8, 4) is 0 Å². The molecule has 0 spiro atoms. The zero-order valence-electron chi connectivity index (χ0n) is 9.28. The summed E-state index contributed by atoms with van der Waals surface area (Å²) in [5.74, 6) is -0.126. The van der Waals surface area contributed by atoms with Gasteiger partial charge in [0.15, 0.2) is 0 Å². The Hall–Kier alpha value is -1.26. The van der Waals surface area contributed by atoms with Crippen LogP contribution in [-0.2, 0) is 9.53 Å². The van der Waals surface area contributed by atoms with Crippen LogP contribution in [0.3, 0.4) is 0 Å². The fraction of sp³-hybridized carbons (Fsp3) is 0.800. The highest BCUT2D eigenvalue weighted by atomic mass is 16.6. The zero-order chi connectivity index (χ0) is 11.3. The molecule has 1 rings (SSSR count). The molecule has 0 aromatic rings. The molecule has 5 heteroatoms.